The number of methoxy groups -OCH3 is 1. The molecule has 3 aliphatic rings. The van der Waals surface area contributed by atoms with Gasteiger partial charge in [-0.05, 0) is 6.42 Å². The molecule has 4 heterocycles. The molecule has 0 amide bonds. The molecule has 0 saturated carbocycles. The summed E-state index contributed by atoms with van der Waals surface area (Å²) in [6.45, 7) is 5.84. The summed E-state index contributed by atoms with van der Waals surface area (Å²) in [6, 6.07) is 0.348. The summed E-state index contributed by atoms with van der Waals surface area (Å²) < 4.78 is 18.8. The SMILES string of the molecule is COCCn1ccnc1CN1C[C@@H]2COCC[C@]2(O)[C@H]2COCC[C@H]21. The molecule has 3 fully saturated rings. The zero-order valence-corrected chi connectivity index (χ0v) is 15.0. The van der Waals surface area contributed by atoms with Crippen molar-refractivity contribution >= 4 is 0 Å². The third-order valence-electron chi connectivity index (χ3n) is 6.24. The Morgan fingerprint density at radius 3 is 3.12 bits per heavy atom. The third-order valence-corrected chi connectivity index (χ3v) is 6.24. The molecule has 4 atom stereocenters. The average molecular weight is 351 g/mol. The molecule has 0 spiro atoms. The number of imidazole rings is 1. The maximum absolute atomic E-state index is 11.4. The van der Waals surface area contributed by atoms with E-state index < -0.39 is 5.60 Å². The number of nitrogens with zero attached hydrogens (tertiary/aromatic N) is 3. The van der Waals surface area contributed by atoms with Crippen LogP contribution in [0.25, 0.3) is 0 Å². The van der Waals surface area contributed by atoms with Crippen LogP contribution in [0.15, 0.2) is 12.4 Å². The minimum absolute atomic E-state index is 0.145. The number of hydrogen-bond acceptors (Lipinski definition) is 6. The second kappa shape index (κ2) is 7.32. The lowest BCUT2D eigenvalue weighted by Gasteiger charge is -2.57. The molecule has 25 heavy (non-hydrogen) atoms. The van der Waals surface area contributed by atoms with E-state index in [1.807, 2.05) is 12.4 Å². The first-order chi connectivity index (χ1) is 12.2. The van der Waals surface area contributed by atoms with Gasteiger partial charge in [0.2, 0.25) is 0 Å². The van der Waals surface area contributed by atoms with E-state index in [0.717, 1.165) is 44.9 Å². The normalized spacial score (nSPS) is 36.0. The number of piperidine rings is 1. The van der Waals surface area contributed by atoms with Crippen molar-refractivity contribution < 1.29 is 19.3 Å². The van der Waals surface area contributed by atoms with Gasteiger partial charge in [0.05, 0.1) is 32.0 Å². The van der Waals surface area contributed by atoms with Gasteiger partial charge in [0.1, 0.15) is 5.82 Å². The van der Waals surface area contributed by atoms with Gasteiger partial charge in [-0.1, -0.05) is 0 Å². The lowest BCUT2D eigenvalue weighted by Crippen LogP contribution is -2.67. The molecule has 0 aliphatic carbocycles. The number of hydrogen-bond donors (Lipinski definition) is 1. The highest BCUT2D eigenvalue weighted by Crippen LogP contribution is 2.44. The van der Waals surface area contributed by atoms with E-state index in [4.69, 9.17) is 14.2 Å². The Hall–Kier alpha value is -0.990. The first kappa shape index (κ1) is 17.4. The number of ether oxygens (including phenoxy) is 3. The van der Waals surface area contributed by atoms with Crippen molar-refractivity contribution in [2.24, 2.45) is 11.8 Å². The zero-order valence-electron chi connectivity index (χ0n) is 15.0. The molecule has 0 aromatic carbocycles. The highest BCUT2D eigenvalue weighted by atomic mass is 16.5. The van der Waals surface area contributed by atoms with Gasteiger partial charge in [0, 0.05) is 70.1 Å². The van der Waals surface area contributed by atoms with Crippen molar-refractivity contribution in [3.8, 4) is 0 Å². The second-order valence-corrected chi connectivity index (χ2v) is 7.51. The van der Waals surface area contributed by atoms with E-state index in [2.05, 4.69) is 14.5 Å². The summed E-state index contributed by atoms with van der Waals surface area (Å²) in [5.74, 6) is 1.36. The molecule has 1 aromatic rings. The molecule has 7 heteroatoms. The Kier molecular flexibility index (Phi) is 5.11. The highest BCUT2D eigenvalue weighted by molar-refractivity contribution is 5.07. The Morgan fingerprint density at radius 2 is 2.24 bits per heavy atom. The van der Waals surface area contributed by atoms with Gasteiger partial charge in [-0.2, -0.15) is 0 Å². The van der Waals surface area contributed by atoms with Crippen LogP contribution in [0, 0.1) is 11.8 Å². The van der Waals surface area contributed by atoms with Crippen molar-refractivity contribution in [3.63, 3.8) is 0 Å². The van der Waals surface area contributed by atoms with Gasteiger partial charge in [-0.25, -0.2) is 4.98 Å². The van der Waals surface area contributed by atoms with Crippen LogP contribution in [0.4, 0.5) is 0 Å². The highest BCUT2D eigenvalue weighted by Gasteiger charge is 2.55. The van der Waals surface area contributed by atoms with Crippen LogP contribution in [0.3, 0.4) is 0 Å². The van der Waals surface area contributed by atoms with Crippen molar-refractivity contribution in [1.29, 1.82) is 0 Å². The lowest BCUT2D eigenvalue weighted by molar-refractivity contribution is -0.221. The molecular formula is C18H29N3O4. The van der Waals surface area contributed by atoms with E-state index in [0.29, 0.717) is 32.5 Å². The largest absolute Gasteiger partial charge is 0.389 e. The molecule has 0 bridgehead atoms. The van der Waals surface area contributed by atoms with E-state index >= 15 is 0 Å². The third kappa shape index (κ3) is 3.24. The summed E-state index contributed by atoms with van der Waals surface area (Å²) in [6.07, 6.45) is 5.56. The van der Waals surface area contributed by atoms with Crippen molar-refractivity contribution in [2.75, 3.05) is 46.7 Å². The minimum atomic E-state index is -0.648. The van der Waals surface area contributed by atoms with E-state index in [1.165, 1.54) is 0 Å². The van der Waals surface area contributed by atoms with Gasteiger partial charge in [-0.3, -0.25) is 4.90 Å². The van der Waals surface area contributed by atoms with E-state index in [9.17, 15) is 5.11 Å². The molecule has 7 nitrogen and oxygen atoms in total. The molecule has 0 radical (unpaired) electrons. The van der Waals surface area contributed by atoms with Crippen molar-refractivity contribution in [2.45, 2.75) is 37.6 Å². The fourth-order valence-electron chi connectivity index (χ4n) is 4.82. The summed E-state index contributed by atoms with van der Waals surface area (Å²) in [5, 5.41) is 11.4. The van der Waals surface area contributed by atoms with Gasteiger partial charge in [0.25, 0.3) is 0 Å². The van der Waals surface area contributed by atoms with E-state index in [1.54, 1.807) is 7.11 Å². The van der Waals surface area contributed by atoms with Crippen molar-refractivity contribution in [1.82, 2.24) is 14.5 Å². The zero-order chi connectivity index (χ0) is 17.3. The van der Waals surface area contributed by atoms with Gasteiger partial charge in [-0.15, -0.1) is 0 Å². The quantitative estimate of drug-likeness (QED) is 0.834. The molecule has 0 unspecified atom stereocenters. The predicted octanol–water partition coefficient (Wildman–Crippen LogP) is 0.518. The summed E-state index contributed by atoms with van der Waals surface area (Å²) in [5.41, 5.74) is -0.648. The molecule has 1 N–H and O–H groups in total. The lowest BCUT2D eigenvalue weighted by atomic mass is 9.66. The molecule has 4 rings (SSSR count). The number of aromatic nitrogens is 2. The monoisotopic (exact) mass is 351 g/mol. The van der Waals surface area contributed by atoms with Crippen LogP contribution in [-0.2, 0) is 27.3 Å². The smallest absolute Gasteiger partial charge is 0.122 e. The Bertz CT molecular complexity index is 580. The van der Waals surface area contributed by atoms with Crippen LogP contribution >= 0.6 is 0 Å². The number of likely N-dealkylation sites (tertiary alicyclic amines) is 1. The maximum Gasteiger partial charge on any atom is 0.122 e. The summed E-state index contributed by atoms with van der Waals surface area (Å²) in [7, 11) is 1.72. The van der Waals surface area contributed by atoms with Crippen molar-refractivity contribution in [3.05, 3.63) is 18.2 Å². The molecule has 3 aliphatic heterocycles. The van der Waals surface area contributed by atoms with Crippen LogP contribution < -0.4 is 0 Å². The maximum atomic E-state index is 11.4. The standard InChI is InChI=1S/C18H29N3O4/c1-23-9-6-20-5-4-19-17(20)11-21-10-14-12-25-8-3-18(14,22)15-13-24-7-2-16(15)21/h4-5,14-16,22H,2-3,6-13H2,1H3/t14-,15+,16-,18-/m1/s1. The molecular weight excluding hydrogens is 322 g/mol. The van der Waals surface area contributed by atoms with Crippen LogP contribution in [0.1, 0.15) is 18.7 Å². The summed E-state index contributed by atoms with van der Waals surface area (Å²) in [4.78, 5) is 7.06. The Morgan fingerprint density at radius 1 is 1.36 bits per heavy atom. The topological polar surface area (TPSA) is 69.0 Å². The molecule has 3 saturated heterocycles. The fraction of sp³-hybridized carbons (Fsp3) is 0.833. The van der Waals surface area contributed by atoms with Crippen LogP contribution in [-0.4, -0.2) is 77.9 Å². The first-order valence-corrected chi connectivity index (χ1v) is 9.33. The number of rotatable bonds is 5. The van der Waals surface area contributed by atoms with Gasteiger partial charge < -0.3 is 23.9 Å². The Labute approximate surface area is 148 Å². The Balaban J connectivity index is 1.54. The van der Waals surface area contributed by atoms with Gasteiger partial charge in [0.15, 0.2) is 0 Å². The number of fused-ring (bicyclic) bond motifs is 3. The van der Waals surface area contributed by atoms with Gasteiger partial charge >= 0.3 is 0 Å². The fourth-order valence-corrected chi connectivity index (χ4v) is 4.82. The molecule has 1 aromatic heterocycles. The minimum Gasteiger partial charge on any atom is -0.389 e. The molecule has 140 valence electrons. The van der Waals surface area contributed by atoms with Crippen LogP contribution in [0.2, 0.25) is 0 Å². The van der Waals surface area contributed by atoms with E-state index in [-0.39, 0.29) is 11.8 Å². The number of aliphatic hydroxyl groups is 1. The predicted molar refractivity (Wildman–Crippen MR) is 91.1 cm³/mol. The summed E-state index contributed by atoms with van der Waals surface area (Å²) >= 11 is 0. The second-order valence-electron chi connectivity index (χ2n) is 7.51. The average Bonchev–Trinajstić information content (AvgIpc) is 3.08. The first-order valence-electron chi connectivity index (χ1n) is 9.33. The van der Waals surface area contributed by atoms with Crippen LogP contribution in [0.5, 0.6) is 0 Å².